The third kappa shape index (κ3) is 2.52. The van der Waals surface area contributed by atoms with E-state index in [1.54, 1.807) is 0 Å². The summed E-state index contributed by atoms with van der Waals surface area (Å²) >= 11 is 0. The molecule has 2 aromatic heterocycles. The van der Waals surface area contributed by atoms with Gasteiger partial charge in [-0.1, -0.05) is 6.92 Å². The van der Waals surface area contributed by atoms with Crippen molar-refractivity contribution in [3.8, 4) is 0 Å². The quantitative estimate of drug-likeness (QED) is 0.859. The monoisotopic (exact) mass is 232 g/mol. The van der Waals surface area contributed by atoms with E-state index in [1.165, 1.54) is 5.69 Å². The van der Waals surface area contributed by atoms with Gasteiger partial charge in [-0.25, -0.2) is 0 Å². The zero-order chi connectivity index (χ0) is 12.3. The van der Waals surface area contributed by atoms with Crippen molar-refractivity contribution in [2.24, 2.45) is 7.05 Å². The van der Waals surface area contributed by atoms with Crippen LogP contribution in [0.2, 0.25) is 0 Å². The molecule has 0 aliphatic heterocycles. The number of nitrogens with zero attached hydrogens (tertiary/aromatic N) is 3. The maximum absolute atomic E-state index is 4.42. The largest absolute Gasteiger partial charge is 0.377 e. The van der Waals surface area contributed by atoms with Crippen LogP contribution in [0.4, 0.5) is 5.69 Å². The first-order valence-corrected chi connectivity index (χ1v) is 6.15. The number of rotatable bonds is 5. The lowest BCUT2D eigenvalue weighted by atomic mass is 10.3. The summed E-state index contributed by atoms with van der Waals surface area (Å²) in [6, 6.07) is 4.24. The van der Waals surface area contributed by atoms with Crippen LogP contribution in [-0.4, -0.2) is 14.3 Å². The zero-order valence-corrected chi connectivity index (χ0v) is 10.8. The van der Waals surface area contributed by atoms with E-state index < -0.39 is 0 Å². The molecule has 92 valence electrons. The molecular weight excluding hydrogens is 212 g/mol. The molecule has 17 heavy (non-hydrogen) atoms. The van der Waals surface area contributed by atoms with E-state index in [1.807, 2.05) is 17.9 Å². The van der Waals surface area contributed by atoms with Gasteiger partial charge in [0.2, 0.25) is 0 Å². The van der Waals surface area contributed by atoms with Crippen LogP contribution in [-0.2, 0) is 26.6 Å². The molecule has 0 aliphatic carbocycles. The summed E-state index contributed by atoms with van der Waals surface area (Å²) in [5.74, 6) is 0. The van der Waals surface area contributed by atoms with Gasteiger partial charge in [0.25, 0.3) is 0 Å². The van der Waals surface area contributed by atoms with Crippen molar-refractivity contribution in [3.63, 3.8) is 0 Å². The standard InChI is InChI=1S/C13H20N4/c1-4-12-13(10-16(3)15-12)14-9-11-7-6-8-17(11)5-2/h6-8,10,14H,4-5,9H2,1-3H3. The molecule has 0 aliphatic rings. The highest BCUT2D eigenvalue weighted by atomic mass is 15.3. The Morgan fingerprint density at radius 3 is 2.88 bits per heavy atom. The summed E-state index contributed by atoms with van der Waals surface area (Å²) < 4.78 is 4.11. The van der Waals surface area contributed by atoms with Crippen molar-refractivity contribution in [1.82, 2.24) is 14.3 Å². The van der Waals surface area contributed by atoms with Crippen LogP contribution in [0.1, 0.15) is 25.2 Å². The van der Waals surface area contributed by atoms with Gasteiger partial charge in [0.1, 0.15) is 0 Å². The SMILES string of the molecule is CCc1nn(C)cc1NCc1cccn1CC. The van der Waals surface area contributed by atoms with Crippen molar-refractivity contribution >= 4 is 5.69 Å². The predicted molar refractivity (Wildman–Crippen MR) is 70.0 cm³/mol. The first-order valence-electron chi connectivity index (χ1n) is 6.15. The number of aryl methyl sites for hydroxylation is 3. The number of aromatic nitrogens is 3. The van der Waals surface area contributed by atoms with E-state index in [-0.39, 0.29) is 0 Å². The molecule has 2 rings (SSSR count). The zero-order valence-electron chi connectivity index (χ0n) is 10.8. The predicted octanol–water partition coefficient (Wildman–Crippen LogP) is 2.42. The Morgan fingerprint density at radius 1 is 1.35 bits per heavy atom. The van der Waals surface area contributed by atoms with E-state index in [9.17, 15) is 0 Å². The average Bonchev–Trinajstić information content (AvgIpc) is 2.91. The molecule has 0 radical (unpaired) electrons. The Labute approximate surface area is 102 Å². The molecule has 4 nitrogen and oxygen atoms in total. The molecule has 4 heteroatoms. The lowest BCUT2D eigenvalue weighted by Gasteiger charge is -2.08. The fourth-order valence-electron chi connectivity index (χ4n) is 2.05. The van der Waals surface area contributed by atoms with Crippen LogP contribution in [0.3, 0.4) is 0 Å². The first kappa shape index (κ1) is 11.8. The Morgan fingerprint density at radius 2 is 2.18 bits per heavy atom. The lowest BCUT2D eigenvalue weighted by Crippen LogP contribution is -2.06. The highest BCUT2D eigenvalue weighted by Gasteiger charge is 2.06. The second kappa shape index (κ2) is 5.08. The highest BCUT2D eigenvalue weighted by Crippen LogP contribution is 2.15. The van der Waals surface area contributed by atoms with Crippen LogP contribution < -0.4 is 5.32 Å². The summed E-state index contributed by atoms with van der Waals surface area (Å²) in [5, 5.41) is 7.88. The fraction of sp³-hybridized carbons (Fsp3) is 0.462. The normalized spacial score (nSPS) is 10.8. The van der Waals surface area contributed by atoms with Gasteiger partial charge < -0.3 is 9.88 Å². The molecule has 0 fully saturated rings. The van der Waals surface area contributed by atoms with Gasteiger partial charge in [-0.3, -0.25) is 4.68 Å². The number of hydrogen-bond donors (Lipinski definition) is 1. The van der Waals surface area contributed by atoms with Gasteiger partial charge in [0.05, 0.1) is 17.9 Å². The van der Waals surface area contributed by atoms with Gasteiger partial charge in [-0.15, -0.1) is 0 Å². The van der Waals surface area contributed by atoms with Crippen LogP contribution in [0.5, 0.6) is 0 Å². The summed E-state index contributed by atoms with van der Waals surface area (Å²) in [6.45, 7) is 6.14. The van der Waals surface area contributed by atoms with Gasteiger partial charge >= 0.3 is 0 Å². The smallest absolute Gasteiger partial charge is 0.0853 e. The molecule has 0 atom stereocenters. The summed E-state index contributed by atoms with van der Waals surface area (Å²) in [6.07, 6.45) is 5.11. The van der Waals surface area contributed by atoms with Crippen molar-refractivity contribution in [3.05, 3.63) is 35.9 Å². The van der Waals surface area contributed by atoms with Crippen LogP contribution in [0.15, 0.2) is 24.5 Å². The molecule has 0 unspecified atom stereocenters. The van der Waals surface area contributed by atoms with Crippen molar-refractivity contribution < 1.29 is 0 Å². The molecule has 0 saturated heterocycles. The molecule has 0 saturated carbocycles. The van der Waals surface area contributed by atoms with E-state index in [4.69, 9.17) is 0 Å². The Balaban J connectivity index is 2.06. The second-order valence-electron chi connectivity index (χ2n) is 4.16. The first-order chi connectivity index (χ1) is 8.24. The lowest BCUT2D eigenvalue weighted by molar-refractivity contribution is 0.724. The Kier molecular flexibility index (Phi) is 3.52. The second-order valence-corrected chi connectivity index (χ2v) is 4.16. The van der Waals surface area contributed by atoms with Crippen molar-refractivity contribution in [2.75, 3.05) is 5.32 Å². The topological polar surface area (TPSA) is 34.8 Å². The van der Waals surface area contributed by atoms with Gasteiger partial charge in [-0.05, 0) is 25.5 Å². The minimum absolute atomic E-state index is 0.847. The molecule has 0 bridgehead atoms. The molecule has 0 amide bonds. The molecule has 1 N–H and O–H groups in total. The highest BCUT2D eigenvalue weighted by molar-refractivity contribution is 5.46. The van der Waals surface area contributed by atoms with Crippen LogP contribution >= 0.6 is 0 Å². The summed E-state index contributed by atoms with van der Waals surface area (Å²) in [4.78, 5) is 0. The maximum atomic E-state index is 4.42. The van der Waals surface area contributed by atoms with Crippen molar-refractivity contribution in [2.45, 2.75) is 33.4 Å². The summed E-state index contributed by atoms with van der Waals surface area (Å²) in [7, 11) is 1.96. The maximum Gasteiger partial charge on any atom is 0.0853 e. The van der Waals surface area contributed by atoms with E-state index in [2.05, 4.69) is 47.2 Å². The van der Waals surface area contributed by atoms with Crippen LogP contribution in [0.25, 0.3) is 0 Å². The minimum atomic E-state index is 0.847. The van der Waals surface area contributed by atoms with Crippen LogP contribution in [0, 0.1) is 0 Å². The fourth-order valence-corrected chi connectivity index (χ4v) is 2.05. The van der Waals surface area contributed by atoms with Gasteiger partial charge in [-0.2, -0.15) is 5.10 Å². The average molecular weight is 232 g/mol. The Hall–Kier alpha value is -1.71. The third-order valence-electron chi connectivity index (χ3n) is 2.96. The third-order valence-corrected chi connectivity index (χ3v) is 2.96. The Bertz CT molecular complexity index is 481. The minimum Gasteiger partial charge on any atom is -0.377 e. The molecule has 0 spiro atoms. The number of hydrogen-bond acceptors (Lipinski definition) is 2. The number of nitrogens with one attached hydrogen (secondary N) is 1. The van der Waals surface area contributed by atoms with E-state index in [0.29, 0.717) is 0 Å². The summed E-state index contributed by atoms with van der Waals surface area (Å²) in [5.41, 5.74) is 3.57. The van der Waals surface area contributed by atoms with Crippen molar-refractivity contribution in [1.29, 1.82) is 0 Å². The molecule has 0 aromatic carbocycles. The number of anilines is 1. The van der Waals surface area contributed by atoms with Gasteiger partial charge in [0.15, 0.2) is 0 Å². The molecule has 2 aromatic rings. The molecular formula is C13H20N4. The van der Waals surface area contributed by atoms with Gasteiger partial charge in [0, 0.05) is 31.7 Å². The van der Waals surface area contributed by atoms with E-state index in [0.717, 1.165) is 30.9 Å². The molecule has 2 heterocycles. The van der Waals surface area contributed by atoms with E-state index >= 15 is 0 Å².